The molecule has 0 saturated heterocycles. The molecule has 60 valence electrons. The van der Waals surface area contributed by atoms with E-state index in [2.05, 4.69) is 23.7 Å². The summed E-state index contributed by atoms with van der Waals surface area (Å²) >= 11 is 0. The highest BCUT2D eigenvalue weighted by Gasteiger charge is 1.73. The zero-order chi connectivity index (χ0) is 8.36. The number of hydrogen-bond donors (Lipinski definition) is 0. The zero-order valence-electron chi connectivity index (χ0n) is 7.24. The molecule has 0 aromatic heterocycles. The minimum Gasteiger partial charge on any atom is -0.384 e. The summed E-state index contributed by atoms with van der Waals surface area (Å²) in [5.41, 5.74) is 0. The maximum Gasteiger partial charge on any atom is 0.0702 e. The fraction of sp³-hybridized carbons (Fsp3) is 0.600. The molecule has 1 heteroatoms. The van der Waals surface area contributed by atoms with Crippen molar-refractivity contribution in [1.82, 2.24) is 0 Å². The van der Waals surface area contributed by atoms with Crippen LogP contribution in [0.1, 0.15) is 26.2 Å². The van der Waals surface area contributed by atoms with Crippen LogP contribution in [0.15, 0.2) is 0 Å². The summed E-state index contributed by atoms with van der Waals surface area (Å²) < 4.78 is 4.83. The van der Waals surface area contributed by atoms with Gasteiger partial charge in [0.1, 0.15) is 0 Å². The van der Waals surface area contributed by atoms with Crippen molar-refractivity contribution in [3.8, 4) is 23.7 Å². The van der Waals surface area contributed by atoms with Crippen LogP contribution in [0.2, 0.25) is 0 Å². The molecule has 0 N–H and O–H groups in total. The molecule has 0 atom stereocenters. The lowest BCUT2D eigenvalue weighted by molar-refractivity contribution is 0.206. The van der Waals surface area contributed by atoms with Crippen LogP contribution in [0.4, 0.5) is 0 Å². The van der Waals surface area contributed by atoms with Gasteiger partial charge in [0, 0.05) is 20.0 Å². The number of ether oxygens (including phenoxy) is 1. The van der Waals surface area contributed by atoms with Crippen molar-refractivity contribution in [2.45, 2.75) is 26.2 Å². The summed E-state index contributed by atoms with van der Waals surface area (Å²) in [5, 5.41) is 0. The molecule has 0 aromatic carbocycles. The lowest BCUT2D eigenvalue weighted by atomic mass is 10.3. The van der Waals surface area contributed by atoms with Crippen LogP contribution in [-0.2, 0) is 4.74 Å². The van der Waals surface area contributed by atoms with Gasteiger partial charge in [-0.15, -0.1) is 5.92 Å². The van der Waals surface area contributed by atoms with Gasteiger partial charge in [-0.3, -0.25) is 0 Å². The molecule has 0 rings (SSSR count). The van der Waals surface area contributed by atoms with Crippen LogP contribution in [0.5, 0.6) is 0 Å². The van der Waals surface area contributed by atoms with Crippen LogP contribution in [-0.4, -0.2) is 13.7 Å². The Morgan fingerprint density at radius 3 is 2.45 bits per heavy atom. The van der Waals surface area contributed by atoms with E-state index in [1.54, 1.807) is 7.11 Å². The van der Waals surface area contributed by atoms with Crippen molar-refractivity contribution in [2.24, 2.45) is 0 Å². The molecule has 0 heterocycles. The van der Waals surface area contributed by atoms with Crippen molar-refractivity contribution < 1.29 is 4.74 Å². The standard InChI is InChI=1S/C10H14O/c1-3-4-5-6-7-8-9-10-11-2/h3,6,9-10H2,1-2H3. The third-order valence-corrected chi connectivity index (χ3v) is 1.03. The SMILES string of the molecule is CCC#CCC#CCCOC. The van der Waals surface area contributed by atoms with E-state index < -0.39 is 0 Å². The van der Waals surface area contributed by atoms with Gasteiger partial charge in [-0.2, -0.15) is 0 Å². The fourth-order valence-electron chi connectivity index (χ4n) is 0.536. The van der Waals surface area contributed by atoms with Crippen molar-refractivity contribution in [1.29, 1.82) is 0 Å². The highest BCUT2D eigenvalue weighted by Crippen LogP contribution is 1.78. The molecule has 0 amide bonds. The second kappa shape index (κ2) is 9.08. The molecule has 0 saturated carbocycles. The van der Waals surface area contributed by atoms with Gasteiger partial charge in [-0.25, -0.2) is 0 Å². The average molecular weight is 150 g/mol. The predicted molar refractivity (Wildman–Crippen MR) is 47.0 cm³/mol. The normalized spacial score (nSPS) is 7.45. The summed E-state index contributed by atoms with van der Waals surface area (Å²) in [7, 11) is 1.68. The van der Waals surface area contributed by atoms with Crippen LogP contribution in [0.25, 0.3) is 0 Å². The molecule has 1 nitrogen and oxygen atoms in total. The molecule has 0 aliphatic carbocycles. The molecule has 0 bridgehead atoms. The van der Waals surface area contributed by atoms with E-state index in [0.717, 1.165) is 12.8 Å². The minimum absolute atomic E-state index is 0.692. The van der Waals surface area contributed by atoms with Gasteiger partial charge in [0.15, 0.2) is 0 Å². The van der Waals surface area contributed by atoms with Crippen LogP contribution in [0, 0.1) is 23.7 Å². The van der Waals surface area contributed by atoms with E-state index in [1.807, 2.05) is 6.92 Å². The summed E-state index contributed by atoms with van der Waals surface area (Å²) in [4.78, 5) is 0. The molecular weight excluding hydrogens is 136 g/mol. The predicted octanol–water partition coefficient (Wildman–Crippen LogP) is 1.83. The number of methoxy groups -OCH3 is 1. The van der Waals surface area contributed by atoms with Gasteiger partial charge in [-0.1, -0.05) is 24.7 Å². The second-order valence-electron chi connectivity index (χ2n) is 1.98. The van der Waals surface area contributed by atoms with Gasteiger partial charge < -0.3 is 4.74 Å². The van der Waals surface area contributed by atoms with Crippen molar-refractivity contribution in [2.75, 3.05) is 13.7 Å². The van der Waals surface area contributed by atoms with Crippen LogP contribution in [0.3, 0.4) is 0 Å². The Labute approximate surface area is 69.1 Å². The Hall–Kier alpha value is -0.920. The molecule has 0 unspecified atom stereocenters. The van der Waals surface area contributed by atoms with E-state index in [0.29, 0.717) is 13.0 Å². The highest BCUT2D eigenvalue weighted by molar-refractivity contribution is 5.11. The summed E-state index contributed by atoms with van der Waals surface area (Å²) in [6, 6.07) is 0. The van der Waals surface area contributed by atoms with Crippen molar-refractivity contribution in [3.05, 3.63) is 0 Å². The second-order valence-corrected chi connectivity index (χ2v) is 1.98. The Morgan fingerprint density at radius 1 is 1.09 bits per heavy atom. The van der Waals surface area contributed by atoms with Gasteiger partial charge in [0.05, 0.1) is 13.0 Å². The van der Waals surface area contributed by atoms with Crippen molar-refractivity contribution in [3.63, 3.8) is 0 Å². The maximum atomic E-state index is 4.83. The third kappa shape index (κ3) is 9.08. The number of hydrogen-bond acceptors (Lipinski definition) is 1. The first-order valence-corrected chi connectivity index (χ1v) is 3.82. The first-order valence-electron chi connectivity index (χ1n) is 3.82. The summed E-state index contributed by atoms with van der Waals surface area (Å²) in [5.74, 6) is 11.8. The quantitative estimate of drug-likeness (QED) is 0.431. The number of rotatable bonds is 2. The molecule has 0 aliphatic rings. The molecule has 0 fully saturated rings. The zero-order valence-corrected chi connectivity index (χ0v) is 7.24. The van der Waals surface area contributed by atoms with Crippen LogP contribution >= 0.6 is 0 Å². The Bertz CT molecular complexity index is 184. The molecule has 0 aliphatic heterocycles. The smallest absolute Gasteiger partial charge is 0.0702 e. The highest BCUT2D eigenvalue weighted by atomic mass is 16.5. The van der Waals surface area contributed by atoms with E-state index in [4.69, 9.17) is 4.74 Å². The molecular formula is C10H14O. The lowest BCUT2D eigenvalue weighted by Crippen LogP contribution is -1.83. The third-order valence-electron chi connectivity index (χ3n) is 1.03. The van der Waals surface area contributed by atoms with E-state index in [-0.39, 0.29) is 0 Å². The van der Waals surface area contributed by atoms with E-state index in [1.165, 1.54) is 0 Å². The van der Waals surface area contributed by atoms with Gasteiger partial charge in [-0.05, 0) is 0 Å². The summed E-state index contributed by atoms with van der Waals surface area (Å²) in [6.07, 6.45) is 2.42. The Balaban J connectivity index is 3.25. The van der Waals surface area contributed by atoms with Crippen molar-refractivity contribution >= 4 is 0 Å². The Morgan fingerprint density at radius 2 is 1.82 bits per heavy atom. The maximum absolute atomic E-state index is 4.83. The Kier molecular flexibility index (Phi) is 8.32. The monoisotopic (exact) mass is 150 g/mol. The lowest BCUT2D eigenvalue weighted by Gasteiger charge is -1.85. The largest absolute Gasteiger partial charge is 0.384 e. The molecule has 11 heavy (non-hydrogen) atoms. The topological polar surface area (TPSA) is 9.23 Å². The van der Waals surface area contributed by atoms with Gasteiger partial charge >= 0.3 is 0 Å². The molecule has 0 radical (unpaired) electrons. The fourth-order valence-corrected chi connectivity index (χ4v) is 0.536. The van der Waals surface area contributed by atoms with E-state index >= 15 is 0 Å². The van der Waals surface area contributed by atoms with E-state index in [9.17, 15) is 0 Å². The average Bonchev–Trinajstić information content (AvgIpc) is 2.03. The first-order chi connectivity index (χ1) is 5.41. The van der Waals surface area contributed by atoms with Crippen LogP contribution < -0.4 is 0 Å². The minimum atomic E-state index is 0.692. The van der Waals surface area contributed by atoms with Gasteiger partial charge in [0.2, 0.25) is 0 Å². The molecule has 0 spiro atoms. The summed E-state index contributed by atoms with van der Waals surface area (Å²) in [6.45, 7) is 2.75. The molecule has 0 aromatic rings. The first kappa shape index (κ1) is 10.1. The van der Waals surface area contributed by atoms with Gasteiger partial charge in [0.25, 0.3) is 0 Å².